The minimum Gasteiger partial charge on any atom is -0.307 e. The van der Waals surface area contributed by atoms with Crippen LogP contribution in [0.3, 0.4) is 0 Å². The molecule has 1 amide bonds. The van der Waals surface area contributed by atoms with Crippen LogP contribution in [0.4, 0.5) is 10.1 Å². The van der Waals surface area contributed by atoms with E-state index in [1.807, 2.05) is 29.2 Å². The van der Waals surface area contributed by atoms with Crippen molar-refractivity contribution in [3.8, 4) is 0 Å². The first kappa shape index (κ1) is 15.5. The van der Waals surface area contributed by atoms with Crippen molar-refractivity contribution in [3.63, 3.8) is 0 Å². The molecule has 4 rings (SSSR count). The lowest BCUT2D eigenvalue weighted by atomic mass is 10.1. The van der Waals surface area contributed by atoms with Gasteiger partial charge in [0.05, 0.1) is 24.3 Å². The Bertz CT molecular complexity index is 793. The van der Waals surface area contributed by atoms with Crippen LogP contribution in [0.25, 0.3) is 0 Å². The van der Waals surface area contributed by atoms with Gasteiger partial charge in [-0.25, -0.2) is 4.39 Å². The summed E-state index contributed by atoms with van der Waals surface area (Å²) in [5.74, 6) is 0.339. The molecular formula is C17H15ClFN3O. The quantitative estimate of drug-likeness (QED) is 0.848. The molecule has 2 aromatic rings. The third-order valence-electron chi connectivity index (χ3n) is 4.02. The zero-order valence-corrected chi connectivity index (χ0v) is 13.1. The minimum atomic E-state index is -0.248. The molecule has 0 atom stereocenters. The fourth-order valence-corrected chi connectivity index (χ4v) is 2.95. The van der Waals surface area contributed by atoms with Crippen molar-refractivity contribution in [1.29, 1.82) is 0 Å². The summed E-state index contributed by atoms with van der Waals surface area (Å²) in [6.45, 7) is 1.52. The molecule has 0 spiro atoms. The second kappa shape index (κ2) is 6.01. The summed E-state index contributed by atoms with van der Waals surface area (Å²) in [6.07, 6.45) is 0. The van der Waals surface area contributed by atoms with Gasteiger partial charge in [-0.15, -0.1) is 12.4 Å². The normalized spacial score (nSPS) is 15.7. The molecule has 0 bridgehead atoms. The molecule has 0 saturated carbocycles. The van der Waals surface area contributed by atoms with Crippen molar-refractivity contribution in [2.45, 2.75) is 6.54 Å². The van der Waals surface area contributed by atoms with Crippen LogP contribution in [0.1, 0.15) is 15.9 Å². The topological polar surface area (TPSA) is 35.9 Å². The first-order chi connectivity index (χ1) is 10.8. The van der Waals surface area contributed by atoms with E-state index in [0.717, 1.165) is 5.69 Å². The summed E-state index contributed by atoms with van der Waals surface area (Å²) in [4.78, 5) is 20.5. The number of carbonyl (C=O) groups excluding carboxylic acids is 1. The molecule has 0 aliphatic carbocycles. The van der Waals surface area contributed by atoms with Gasteiger partial charge in [0.25, 0.3) is 5.91 Å². The number of rotatable bonds is 2. The SMILES string of the molecule is Cl.O=C1c2ccccc2N(Cc2ccccc2F)C2=NCCN12. The predicted molar refractivity (Wildman–Crippen MR) is 89.6 cm³/mol. The molecule has 0 N–H and O–H groups in total. The molecule has 0 unspecified atom stereocenters. The average Bonchev–Trinajstić information content (AvgIpc) is 3.03. The highest BCUT2D eigenvalue weighted by atomic mass is 35.5. The number of hydrogen-bond donors (Lipinski definition) is 0. The maximum absolute atomic E-state index is 14.0. The molecule has 2 aromatic carbocycles. The van der Waals surface area contributed by atoms with Crippen molar-refractivity contribution in [3.05, 3.63) is 65.5 Å². The van der Waals surface area contributed by atoms with E-state index in [-0.39, 0.29) is 24.1 Å². The van der Waals surface area contributed by atoms with Gasteiger partial charge in [-0.2, -0.15) is 0 Å². The molecule has 4 nitrogen and oxygen atoms in total. The van der Waals surface area contributed by atoms with Gasteiger partial charge in [-0.05, 0) is 18.2 Å². The average molecular weight is 332 g/mol. The molecule has 0 saturated heterocycles. The summed E-state index contributed by atoms with van der Waals surface area (Å²) in [7, 11) is 0. The van der Waals surface area contributed by atoms with Crippen LogP contribution in [0, 0.1) is 5.82 Å². The molecular weight excluding hydrogens is 317 g/mol. The second-order valence-electron chi connectivity index (χ2n) is 5.33. The Kier molecular flexibility index (Phi) is 4.05. The first-order valence-corrected chi connectivity index (χ1v) is 7.22. The van der Waals surface area contributed by atoms with E-state index in [1.165, 1.54) is 6.07 Å². The van der Waals surface area contributed by atoms with Gasteiger partial charge in [0.15, 0.2) is 0 Å². The maximum Gasteiger partial charge on any atom is 0.262 e. The van der Waals surface area contributed by atoms with Gasteiger partial charge in [0, 0.05) is 12.1 Å². The number of nitrogens with zero attached hydrogens (tertiary/aromatic N) is 3. The summed E-state index contributed by atoms with van der Waals surface area (Å²) < 4.78 is 14.0. The number of fused-ring (bicyclic) bond motifs is 2. The van der Waals surface area contributed by atoms with Gasteiger partial charge in [0.2, 0.25) is 5.96 Å². The molecule has 23 heavy (non-hydrogen) atoms. The summed E-state index contributed by atoms with van der Waals surface area (Å²) in [6, 6.07) is 14.1. The van der Waals surface area contributed by atoms with Crippen LogP contribution in [-0.2, 0) is 6.54 Å². The molecule has 118 valence electrons. The van der Waals surface area contributed by atoms with E-state index in [1.54, 1.807) is 23.1 Å². The van der Waals surface area contributed by atoms with Crippen molar-refractivity contribution >= 4 is 30.0 Å². The Morgan fingerprint density at radius 3 is 2.65 bits per heavy atom. The number of anilines is 1. The van der Waals surface area contributed by atoms with E-state index in [0.29, 0.717) is 36.7 Å². The van der Waals surface area contributed by atoms with Crippen LogP contribution < -0.4 is 4.90 Å². The number of aliphatic imine (C=N–C) groups is 1. The number of hydrogen-bond acceptors (Lipinski definition) is 3. The third-order valence-corrected chi connectivity index (χ3v) is 4.02. The van der Waals surface area contributed by atoms with Gasteiger partial charge in [-0.1, -0.05) is 30.3 Å². The molecule has 0 radical (unpaired) electrons. The maximum atomic E-state index is 14.0. The number of benzene rings is 2. The van der Waals surface area contributed by atoms with E-state index in [9.17, 15) is 9.18 Å². The van der Waals surface area contributed by atoms with Crippen LogP contribution >= 0.6 is 12.4 Å². The largest absolute Gasteiger partial charge is 0.307 e. The van der Waals surface area contributed by atoms with Gasteiger partial charge >= 0.3 is 0 Å². The van der Waals surface area contributed by atoms with Crippen molar-refractivity contribution in [2.75, 3.05) is 18.0 Å². The Morgan fingerprint density at radius 1 is 1.09 bits per heavy atom. The third kappa shape index (κ3) is 2.47. The lowest BCUT2D eigenvalue weighted by Crippen LogP contribution is -2.49. The molecule has 2 aliphatic rings. The smallest absolute Gasteiger partial charge is 0.262 e. The first-order valence-electron chi connectivity index (χ1n) is 7.22. The molecule has 6 heteroatoms. The monoisotopic (exact) mass is 331 g/mol. The number of carbonyl (C=O) groups is 1. The standard InChI is InChI=1S/C17H14FN3O.ClH/c18-14-7-3-1-5-12(14)11-21-15-8-4-2-6-13(15)16(22)20-10-9-19-17(20)21;/h1-8H,9-11H2;1H. The van der Waals surface area contributed by atoms with E-state index in [2.05, 4.69) is 4.99 Å². The molecule has 2 heterocycles. The van der Waals surface area contributed by atoms with Crippen molar-refractivity contribution in [1.82, 2.24) is 4.90 Å². The number of guanidine groups is 1. The van der Waals surface area contributed by atoms with Gasteiger partial charge in [-0.3, -0.25) is 14.7 Å². The summed E-state index contributed by atoms with van der Waals surface area (Å²) in [5, 5.41) is 0. The number of halogens is 2. The second-order valence-corrected chi connectivity index (χ2v) is 5.33. The Balaban J connectivity index is 0.00000156. The Morgan fingerprint density at radius 2 is 1.83 bits per heavy atom. The Labute approximate surface area is 139 Å². The van der Waals surface area contributed by atoms with Crippen molar-refractivity contribution in [2.24, 2.45) is 4.99 Å². The van der Waals surface area contributed by atoms with Crippen LogP contribution in [0.2, 0.25) is 0 Å². The summed E-state index contributed by atoms with van der Waals surface area (Å²) in [5.41, 5.74) is 2.01. The molecule has 0 aromatic heterocycles. The van der Waals surface area contributed by atoms with E-state index in [4.69, 9.17) is 0 Å². The number of para-hydroxylation sites is 1. The highest BCUT2D eigenvalue weighted by Crippen LogP contribution is 2.31. The van der Waals surface area contributed by atoms with E-state index < -0.39 is 0 Å². The van der Waals surface area contributed by atoms with Crippen LogP contribution in [0.5, 0.6) is 0 Å². The molecule has 2 aliphatic heterocycles. The van der Waals surface area contributed by atoms with E-state index >= 15 is 0 Å². The van der Waals surface area contributed by atoms with Gasteiger partial charge in [0.1, 0.15) is 5.82 Å². The van der Waals surface area contributed by atoms with Crippen LogP contribution in [0.15, 0.2) is 53.5 Å². The fourth-order valence-electron chi connectivity index (χ4n) is 2.95. The Hall–Kier alpha value is -2.40. The highest BCUT2D eigenvalue weighted by Gasteiger charge is 2.37. The zero-order valence-electron chi connectivity index (χ0n) is 12.3. The fraction of sp³-hybridized carbons (Fsp3) is 0.176. The zero-order chi connectivity index (χ0) is 15.1. The predicted octanol–water partition coefficient (Wildman–Crippen LogP) is 3.08. The molecule has 0 fully saturated rings. The lowest BCUT2D eigenvalue weighted by Gasteiger charge is -2.36. The summed E-state index contributed by atoms with van der Waals surface area (Å²) >= 11 is 0. The van der Waals surface area contributed by atoms with Crippen LogP contribution in [-0.4, -0.2) is 29.9 Å². The van der Waals surface area contributed by atoms with Crippen molar-refractivity contribution < 1.29 is 9.18 Å². The lowest BCUT2D eigenvalue weighted by molar-refractivity contribution is 0.0851. The number of amides is 1. The van der Waals surface area contributed by atoms with Gasteiger partial charge < -0.3 is 4.90 Å². The highest BCUT2D eigenvalue weighted by molar-refractivity contribution is 6.19. The minimum absolute atomic E-state index is 0.